The number of hydrogen-bond acceptors (Lipinski definition) is 6. The minimum Gasteiger partial charge on any atom is -0.454 e. The fourth-order valence-electron chi connectivity index (χ4n) is 2.78. The van der Waals surface area contributed by atoms with Crippen molar-refractivity contribution in [3.8, 4) is 22.8 Å². The molecule has 0 bridgehead atoms. The number of nitrogens with one attached hydrogen (secondary N) is 2. The van der Waals surface area contributed by atoms with Crippen molar-refractivity contribution >= 4 is 17.5 Å². The third-order valence-corrected chi connectivity index (χ3v) is 4.43. The summed E-state index contributed by atoms with van der Waals surface area (Å²) in [7, 11) is 0. The van der Waals surface area contributed by atoms with E-state index in [0.29, 0.717) is 11.8 Å². The molecule has 1 atom stereocenters. The second-order valence-corrected chi connectivity index (χ2v) is 6.47. The van der Waals surface area contributed by atoms with Crippen LogP contribution in [0.4, 0.5) is 17.5 Å². The summed E-state index contributed by atoms with van der Waals surface area (Å²) in [5.74, 6) is 2.81. The van der Waals surface area contributed by atoms with Gasteiger partial charge in [0.15, 0.2) is 11.5 Å². The zero-order valence-corrected chi connectivity index (χ0v) is 15.4. The van der Waals surface area contributed by atoms with Gasteiger partial charge in [-0.15, -0.1) is 0 Å². The molecule has 6 heteroatoms. The van der Waals surface area contributed by atoms with Crippen LogP contribution >= 0.6 is 0 Å². The largest absolute Gasteiger partial charge is 0.454 e. The quantitative estimate of drug-likeness (QED) is 0.655. The summed E-state index contributed by atoms with van der Waals surface area (Å²) in [6.45, 7) is 4.50. The van der Waals surface area contributed by atoms with E-state index in [1.54, 1.807) is 0 Å². The molecule has 138 valence electrons. The Hall–Kier alpha value is -3.28. The van der Waals surface area contributed by atoms with Crippen molar-refractivity contribution in [1.82, 2.24) is 9.97 Å². The van der Waals surface area contributed by atoms with Crippen LogP contribution in [0.25, 0.3) is 11.3 Å². The van der Waals surface area contributed by atoms with Gasteiger partial charge in [-0.2, -0.15) is 4.98 Å². The SMILES string of the molecule is CCC(C)Nc1nc(Nc2ccc3c(c2)OCO3)cc(-c2ccccc2)n1. The predicted octanol–water partition coefficient (Wildman–Crippen LogP) is 4.83. The van der Waals surface area contributed by atoms with Gasteiger partial charge in [-0.05, 0) is 25.5 Å². The first-order valence-corrected chi connectivity index (χ1v) is 9.09. The van der Waals surface area contributed by atoms with Crippen LogP contribution < -0.4 is 20.1 Å². The van der Waals surface area contributed by atoms with Gasteiger partial charge in [0, 0.05) is 29.4 Å². The molecule has 1 aliphatic heterocycles. The average molecular weight is 362 g/mol. The van der Waals surface area contributed by atoms with E-state index in [2.05, 4.69) is 34.4 Å². The third-order valence-electron chi connectivity index (χ3n) is 4.43. The van der Waals surface area contributed by atoms with Crippen molar-refractivity contribution in [3.05, 3.63) is 54.6 Å². The number of benzene rings is 2. The molecule has 1 aliphatic rings. The standard InChI is InChI=1S/C21H22N4O2/c1-3-14(2)22-21-24-17(15-7-5-4-6-8-15)12-20(25-21)23-16-9-10-18-19(11-16)27-13-26-18/h4-12,14H,3,13H2,1-2H3,(H2,22,23,24,25). The molecule has 0 aliphatic carbocycles. The van der Waals surface area contributed by atoms with Crippen LogP contribution in [0.3, 0.4) is 0 Å². The van der Waals surface area contributed by atoms with Crippen LogP contribution in [-0.4, -0.2) is 22.8 Å². The van der Waals surface area contributed by atoms with Crippen molar-refractivity contribution < 1.29 is 9.47 Å². The van der Waals surface area contributed by atoms with Crippen molar-refractivity contribution in [2.24, 2.45) is 0 Å². The smallest absolute Gasteiger partial charge is 0.231 e. The van der Waals surface area contributed by atoms with Crippen LogP contribution in [0.2, 0.25) is 0 Å². The lowest BCUT2D eigenvalue weighted by molar-refractivity contribution is 0.174. The van der Waals surface area contributed by atoms with Gasteiger partial charge in [0.1, 0.15) is 5.82 Å². The highest BCUT2D eigenvalue weighted by Gasteiger charge is 2.14. The first-order valence-electron chi connectivity index (χ1n) is 9.09. The maximum Gasteiger partial charge on any atom is 0.231 e. The van der Waals surface area contributed by atoms with Gasteiger partial charge < -0.3 is 20.1 Å². The number of ether oxygens (including phenoxy) is 2. The topological polar surface area (TPSA) is 68.3 Å². The Balaban J connectivity index is 1.67. The van der Waals surface area contributed by atoms with Crippen LogP contribution in [0.15, 0.2) is 54.6 Å². The van der Waals surface area contributed by atoms with Crippen molar-refractivity contribution in [2.75, 3.05) is 17.4 Å². The summed E-state index contributed by atoms with van der Waals surface area (Å²) >= 11 is 0. The number of nitrogens with zero attached hydrogens (tertiary/aromatic N) is 2. The molecule has 0 saturated carbocycles. The molecule has 1 aromatic heterocycles. The summed E-state index contributed by atoms with van der Waals surface area (Å²) < 4.78 is 10.8. The van der Waals surface area contributed by atoms with Gasteiger partial charge in [-0.25, -0.2) is 4.98 Å². The molecular weight excluding hydrogens is 340 g/mol. The van der Waals surface area contributed by atoms with Gasteiger partial charge in [-0.1, -0.05) is 37.3 Å². The number of fused-ring (bicyclic) bond motifs is 1. The number of hydrogen-bond donors (Lipinski definition) is 2. The second-order valence-electron chi connectivity index (χ2n) is 6.47. The summed E-state index contributed by atoms with van der Waals surface area (Å²) in [4.78, 5) is 9.31. The minimum atomic E-state index is 0.257. The molecule has 4 rings (SSSR count). The maximum absolute atomic E-state index is 5.45. The summed E-state index contributed by atoms with van der Waals surface area (Å²) in [5, 5.41) is 6.71. The highest BCUT2D eigenvalue weighted by Crippen LogP contribution is 2.35. The van der Waals surface area contributed by atoms with E-state index in [-0.39, 0.29) is 12.8 Å². The van der Waals surface area contributed by atoms with E-state index in [1.807, 2.05) is 54.6 Å². The summed E-state index contributed by atoms with van der Waals surface area (Å²) in [5.41, 5.74) is 2.78. The highest BCUT2D eigenvalue weighted by molar-refractivity contribution is 5.68. The summed E-state index contributed by atoms with van der Waals surface area (Å²) in [6, 6.07) is 18.1. The van der Waals surface area contributed by atoms with Crippen molar-refractivity contribution in [3.63, 3.8) is 0 Å². The van der Waals surface area contributed by atoms with Gasteiger partial charge in [0.25, 0.3) is 0 Å². The lowest BCUT2D eigenvalue weighted by atomic mass is 10.1. The molecule has 6 nitrogen and oxygen atoms in total. The monoisotopic (exact) mass is 362 g/mol. The van der Waals surface area contributed by atoms with E-state index < -0.39 is 0 Å². The average Bonchev–Trinajstić information content (AvgIpc) is 3.16. The molecule has 0 amide bonds. The number of aromatic nitrogens is 2. The van der Waals surface area contributed by atoms with E-state index >= 15 is 0 Å². The Labute approximate surface area is 158 Å². The molecule has 0 saturated heterocycles. The molecule has 1 unspecified atom stereocenters. The molecule has 2 N–H and O–H groups in total. The van der Waals surface area contributed by atoms with E-state index in [1.165, 1.54) is 0 Å². The molecule has 27 heavy (non-hydrogen) atoms. The Kier molecular flexibility index (Phi) is 4.78. The van der Waals surface area contributed by atoms with E-state index in [9.17, 15) is 0 Å². The van der Waals surface area contributed by atoms with Gasteiger partial charge in [-0.3, -0.25) is 0 Å². The van der Waals surface area contributed by atoms with Crippen LogP contribution in [0.5, 0.6) is 11.5 Å². The van der Waals surface area contributed by atoms with Gasteiger partial charge in [0.2, 0.25) is 12.7 Å². The zero-order chi connectivity index (χ0) is 18.6. The Morgan fingerprint density at radius 1 is 1.00 bits per heavy atom. The lowest BCUT2D eigenvalue weighted by Gasteiger charge is -2.15. The third kappa shape index (κ3) is 3.95. The van der Waals surface area contributed by atoms with Crippen LogP contribution in [0, 0.1) is 0 Å². The molecule has 0 spiro atoms. The molecule has 2 heterocycles. The van der Waals surface area contributed by atoms with E-state index in [0.717, 1.165) is 34.9 Å². The van der Waals surface area contributed by atoms with Crippen LogP contribution in [-0.2, 0) is 0 Å². The highest BCUT2D eigenvalue weighted by atomic mass is 16.7. The molecule has 0 fully saturated rings. The minimum absolute atomic E-state index is 0.257. The maximum atomic E-state index is 5.45. The fraction of sp³-hybridized carbons (Fsp3) is 0.238. The first-order chi connectivity index (χ1) is 13.2. The van der Waals surface area contributed by atoms with E-state index in [4.69, 9.17) is 9.47 Å². The van der Waals surface area contributed by atoms with Crippen LogP contribution in [0.1, 0.15) is 20.3 Å². The lowest BCUT2D eigenvalue weighted by Crippen LogP contribution is -2.16. The first kappa shape index (κ1) is 17.1. The van der Waals surface area contributed by atoms with Gasteiger partial charge >= 0.3 is 0 Å². The molecular formula is C21H22N4O2. The fourth-order valence-corrected chi connectivity index (χ4v) is 2.78. The Morgan fingerprint density at radius 2 is 1.81 bits per heavy atom. The van der Waals surface area contributed by atoms with Gasteiger partial charge in [0.05, 0.1) is 5.69 Å². The number of anilines is 3. The predicted molar refractivity (Wildman–Crippen MR) is 107 cm³/mol. The Morgan fingerprint density at radius 3 is 2.63 bits per heavy atom. The Bertz CT molecular complexity index is 931. The summed E-state index contributed by atoms with van der Waals surface area (Å²) in [6.07, 6.45) is 0.990. The normalized spacial score (nSPS) is 13.3. The zero-order valence-electron chi connectivity index (χ0n) is 15.4. The number of rotatable bonds is 6. The molecule has 3 aromatic rings. The molecule has 0 radical (unpaired) electrons. The van der Waals surface area contributed by atoms with Crippen molar-refractivity contribution in [1.29, 1.82) is 0 Å². The molecule has 2 aromatic carbocycles. The van der Waals surface area contributed by atoms with Crippen molar-refractivity contribution in [2.45, 2.75) is 26.3 Å². The second kappa shape index (κ2) is 7.53.